The van der Waals surface area contributed by atoms with Crippen LogP contribution in [0.15, 0.2) is 48.7 Å². The molecule has 2 heterocycles. The summed E-state index contributed by atoms with van der Waals surface area (Å²) in [6.45, 7) is 8.73. The molecular weight excluding hydrogens is 510 g/mol. The van der Waals surface area contributed by atoms with Crippen molar-refractivity contribution < 1.29 is 9.59 Å². The van der Waals surface area contributed by atoms with Gasteiger partial charge in [-0.15, -0.1) is 0 Å². The molecule has 2 aliphatic heterocycles. The highest BCUT2D eigenvalue weighted by molar-refractivity contribution is 6.08. The van der Waals surface area contributed by atoms with Crippen LogP contribution in [0.2, 0.25) is 0 Å². The first-order chi connectivity index (χ1) is 19.9. The fourth-order valence-electron chi connectivity index (χ4n) is 6.04. The van der Waals surface area contributed by atoms with Gasteiger partial charge in [0, 0.05) is 55.3 Å². The van der Waals surface area contributed by atoms with E-state index in [2.05, 4.69) is 46.7 Å². The van der Waals surface area contributed by atoms with E-state index in [1.54, 1.807) is 0 Å². The van der Waals surface area contributed by atoms with Gasteiger partial charge in [-0.1, -0.05) is 50.1 Å². The zero-order chi connectivity index (χ0) is 29.2. The van der Waals surface area contributed by atoms with Crippen molar-refractivity contribution in [2.75, 3.05) is 45.1 Å². The molecule has 0 aromatic heterocycles. The third-order valence-electron chi connectivity index (χ3n) is 8.73. The van der Waals surface area contributed by atoms with Gasteiger partial charge in [-0.2, -0.15) is 0 Å². The molecule has 2 saturated heterocycles. The Morgan fingerprint density at radius 1 is 0.951 bits per heavy atom. The van der Waals surface area contributed by atoms with Crippen LogP contribution in [0.4, 0.5) is 5.69 Å². The molecule has 2 fully saturated rings. The van der Waals surface area contributed by atoms with Crippen LogP contribution in [0.5, 0.6) is 0 Å². The molecule has 0 aliphatic carbocycles. The number of hydrogen-bond acceptors (Lipinski definition) is 5. The van der Waals surface area contributed by atoms with E-state index in [-0.39, 0.29) is 17.7 Å². The maximum absolute atomic E-state index is 13.4. The van der Waals surface area contributed by atoms with Gasteiger partial charge in [-0.3, -0.25) is 9.59 Å². The Morgan fingerprint density at radius 3 is 2.27 bits per heavy atom. The third-order valence-corrected chi connectivity index (χ3v) is 8.73. The summed E-state index contributed by atoms with van der Waals surface area (Å²) in [7, 11) is 1.83. The number of likely N-dealkylation sites (tertiary alicyclic amines) is 2. The van der Waals surface area contributed by atoms with E-state index in [0.717, 1.165) is 67.7 Å². The standard InChI is InChI=1S/C34H47N5O2/c1-4-5-6-17-38-18-13-29(14-19-38)33(40)37-32-22-30(8-7-25(32)2)34(41)39-20-15-28(16-21-39)26-9-11-27(12-10-26)31(23-35)24-36-3/h7-12,22-24,28-29,35-36H,4-6,13-21H2,1-3H3,(H,37,40)/b31-24+,35-23?. The summed E-state index contributed by atoms with van der Waals surface area (Å²) < 4.78 is 0. The van der Waals surface area contributed by atoms with Crippen molar-refractivity contribution in [3.63, 3.8) is 0 Å². The second-order valence-corrected chi connectivity index (χ2v) is 11.6. The van der Waals surface area contributed by atoms with Gasteiger partial charge < -0.3 is 25.8 Å². The van der Waals surface area contributed by atoms with E-state index < -0.39 is 0 Å². The molecule has 2 aliphatic rings. The average molecular weight is 558 g/mol. The predicted octanol–water partition coefficient (Wildman–Crippen LogP) is 6.07. The van der Waals surface area contributed by atoms with Crippen LogP contribution in [0.25, 0.3) is 5.57 Å². The number of nitrogens with one attached hydrogen (secondary N) is 3. The summed E-state index contributed by atoms with van der Waals surface area (Å²) in [4.78, 5) is 31.0. The van der Waals surface area contributed by atoms with Gasteiger partial charge in [0.15, 0.2) is 0 Å². The summed E-state index contributed by atoms with van der Waals surface area (Å²) in [6, 6.07) is 14.1. The fraction of sp³-hybridized carbons (Fsp3) is 0.500. The Kier molecular flexibility index (Phi) is 11.1. The number of piperidine rings is 2. The first-order valence-corrected chi connectivity index (χ1v) is 15.3. The van der Waals surface area contributed by atoms with Gasteiger partial charge in [-0.05, 0) is 93.4 Å². The molecule has 0 bridgehead atoms. The van der Waals surface area contributed by atoms with Crippen LogP contribution in [0, 0.1) is 18.3 Å². The molecule has 7 nitrogen and oxygen atoms in total. The van der Waals surface area contributed by atoms with Crippen molar-refractivity contribution in [3.8, 4) is 0 Å². The van der Waals surface area contributed by atoms with Crippen molar-refractivity contribution in [2.24, 2.45) is 5.92 Å². The summed E-state index contributed by atoms with van der Waals surface area (Å²) in [6.07, 6.45) is 10.5. The zero-order valence-corrected chi connectivity index (χ0v) is 25.0. The van der Waals surface area contributed by atoms with Gasteiger partial charge in [-0.25, -0.2) is 0 Å². The number of benzene rings is 2. The number of nitrogens with zero attached hydrogens (tertiary/aromatic N) is 2. The lowest BCUT2D eigenvalue weighted by atomic mass is 9.88. The normalized spacial score (nSPS) is 17.3. The van der Waals surface area contributed by atoms with Gasteiger partial charge >= 0.3 is 0 Å². The molecule has 0 unspecified atom stereocenters. The van der Waals surface area contributed by atoms with Gasteiger partial charge in [0.2, 0.25) is 5.91 Å². The van der Waals surface area contributed by atoms with Crippen LogP contribution >= 0.6 is 0 Å². The van der Waals surface area contributed by atoms with Crippen molar-refractivity contribution in [3.05, 3.63) is 70.9 Å². The molecule has 0 saturated carbocycles. The minimum atomic E-state index is 0.0281. The van der Waals surface area contributed by atoms with E-state index in [1.165, 1.54) is 31.0 Å². The fourth-order valence-corrected chi connectivity index (χ4v) is 6.04. The highest BCUT2D eigenvalue weighted by atomic mass is 16.2. The summed E-state index contributed by atoms with van der Waals surface area (Å²) >= 11 is 0. The van der Waals surface area contributed by atoms with Crippen LogP contribution in [0.1, 0.15) is 84.8 Å². The molecular formula is C34H47N5O2. The number of anilines is 1. The van der Waals surface area contributed by atoms with Crippen molar-refractivity contribution in [1.82, 2.24) is 15.1 Å². The molecule has 0 radical (unpaired) electrons. The topological polar surface area (TPSA) is 88.5 Å². The highest BCUT2D eigenvalue weighted by Gasteiger charge is 2.27. The monoisotopic (exact) mass is 557 g/mol. The number of hydrogen-bond donors (Lipinski definition) is 3. The number of carbonyl (C=O) groups excluding carboxylic acids is 2. The van der Waals surface area contributed by atoms with Crippen molar-refractivity contribution in [1.29, 1.82) is 5.41 Å². The Bertz CT molecular complexity index is 1210. The molecule has 220 valence electrons. The van der Waals surface area contributed by atoms with Crippen LogP contribution in [-0.2, 0) is 4.79 Å². The second kappa shape index (κ2) is 15.0. The smallest absolute Gasteiger partial charge is 0.253 e. The van der Waals surface area contributed by atoms with Crippen molar-refractivity contribution in [2.45, 2.75) is 64.7 Å². The lowest BCUT2D eigenvalue weighted by Gasteiger charge is -2.32. The van der Waals surface area contributed by atoms with E-state index in [1.807, 2.05) is 43.3 Å². The molecule has 0 spiro atoms. The summed E-state index contributed by atoms with van der Waals surface area (Å²) in [5.41, 5.74) is 5.50. The highest BCUT2D eigenvalue weighted by Crippen LogP contribution is 2.30. The molecule has 7 heteroatoms. The first-order valence-electron chi connectivity index (χ1n) is 15.3. The Morgan fingerprint density at radius 2 is 1.63 bits per heavy atom. The van der Waals surface area contributed by atoms with Crippen LogP contribution < -0.4 is 10.6 Å². The molecule has 3 N–H and O–H groups in total. The number of rotatable bonds is 11. The molecule has 0 atom stereocenters. The van der Waals surface area contributed by atoms with E-state index >= 15 is 0 Å². The summed E-state index contributed by atoms with van der Waals surface area (Å²) in [5, 5.41) is 13.8. The predicted molar refractivity (Wildman–Crippen MR) is 169 cm³/mol. The van der Waals surface area contributed by atoms with Gasteiger partial charge in [0.1, 0.15) is 0 Å². The minimum Gasteiger partial charge on any atom is -0.393 e. The van der Waals surface area contributed by atoms with Crippen LogP contribution in [-0.4, -0.2) is 67.6 Å². The largest absolute Gasteiger partial charge is 0.393 e. The average Bonchev–Trinajstić information content (AvgIpc) is 3.01. The first kappa shape index (κ1) is 30.5. The Balaban J connectivity index is 1.30. The minimum absolute atomic E-state index is 0.0281. The molecule has 4 rings (SSSR count). The zero-order valence-electron chi connectivity index (χ0n) is 25.0. The maximum atomic E-state index is 13.4. The van der Waals surface area contributed by atoms with E-state index in [4.69, 9.17) is 5.41 Å². The molecule has 2 aromatic carbocycles. The number of carbonyl (C=O) groups is 2. The SMILES string of the molecule is CCCCCN1CCC(C(=O)Nc2cc(C(=O)N3CCC(c4ccc(/C(C=N)=C/NC)cc4)CC3)ccc2C)CC1. The van der Waals surface area contributed by atoms with Crippen LogP contribution in [0.3, 0.4) is 0 Å². The van der Waals surface area contributed by atoms with E-state index in [9.17, 15) is 9.59 Å². The number of unbranched alkanes of at least 4 members (excludes halogenated alkanes) is 2. The number of aryl methyl sites for hydroxylation is 1. The quantitative estimate of drug-likeness (QED) is 0.231. The van der Waals surface area contributed by atoms with Crippen molar-refractivity contribution >= 4 is 29.3 Å². The van der Waals surface area contributed by atoms with Gasteiger partial charge in [0.05, 0.1) is 0 Å². The molecule has 2 amide bonds. The lowest BCUT2D eigenvalue weighted by molar-refractivity contribution is -0.121. The maximum Gasteiger partial charge on any atom is 0.253 e. The Hall–Kier alpha value is -3.45. The molecule has 2 aromatic rings. The summed E-state index contributed by atoms with van der Waals surface area (Å²) in [5.74, 6) is 0.547. The number of allylic oxidation sites excluding steroid dienone is 1. The number of amides is 2. The Labute approximate surface area is 245 Å². The van der Waals surface area contributed by atoms with Gasteiger partial charge in [0.25, 0.3) is 5.91 Å². The third kappa shape index (κ3) is 8.07. The molecule has 41 heavy (non-hydrogen) atoms. The second-order valence-electron chi connectivity index (χ2n) is 11.6. The lowest BCUT2D eigenvalue weighted by Crippen LogP contribution is -2.39. The van der Waals surface area contributed by atoms with E-state index in [0.29, 0.717) is 24.6 Å².